The van der Waals surface area contributed by atoms with Crippen LogP contribution < -0.4 is 0 Å². The third kappa shape index (κ3) is 2.89. The normalized spacial score (nSPS) is 14.2. The van der Waals surface area contributed by atoms with Gasteiger partial charge in [0.1, 0.15) is 0 Å². The van der Waals surface area contributed by atoms with Crippen LogP contribution in [0.3, 0.4) is 0 Å². The van der Waals surface area contributed by atoms with Crippen LogP contribution in [0.1, 0.15) is 0 Å². The quantitative estimate of drug-likeness (QED) is 0.354. The molecule has 0 saturated carbocycles. The number of halogens is 7. The Morgan fingerprint density at radius 2 is 1.09 bits per heavy atom. The summed E-state index contributed by atoms with van der Waals surface area (Å²) < 4.78 is 77.0. The Kier molecular flexibility index (Phi) is 2.67. The van der Waals surface area contributed by atoms with Crippen molar-refractivity contribution in [3.8, 4) is 0 Å². The van der Waals surface area contributed by atoms with Crippen LogP contribution in [-0.2, 0) is 5.04 Å². The van der Waals surface area contributed by atoms with Gasteiger partial charge in [0.2, 0.25) is 0 Å². The fourth-order valence-electron chi connectivity index (χ4n) is 0.222. The van der Waals surface area contributed by atoms with E-state index in [-0.39, 0.29) is 0 Å². The molecule has 0 spiro atoms. The van der Waals surface area contributed by atoms with E-state index in [4.69, 9.17) is 0 Å². The summed E-state index contributed by atoms with van der Waals surface area (Å²) in [7, 11) is 0. The van der Waals surface area contributed by atoms with Crippen molar-refractivity contribution in [2.75, 3.05) is 0 Å². The van der Waals surface area contributed by atoms with Crippen LogP contribution >= 0.6 is 0 Å². The molecule has 0 N–H and O–H groups in total. The third-order valence-electron chi connectivity index (χ3n) is 0.530. The highest BCUT2D eigenvalue weighted by Gasteiger charge is 2.57. The van der Waals surface area contributed by atoms with E-state index in [1.807, 2.05) is 0 Å². The van der Waals surface area contributed by atoms with Crippen molar-refractivity contribution < 1.29 is 35.9 Å². The minimum Gasteiger partial charge on any atom is -0.153 e. The first-order valence-electron chi connectivity index (χ1n) is 1.92. The zero-order valence-electron chi connectivity index (χ0n) is 4.50. The molecular formula is C2F7NO. The molecule has 68 valence electrons. The van der Waals surface area contributed by atoms with Gasteiger partial charge in [-0.25, -0.2) is 0 Å². The first kappa shape index (κ1) is 10.4. The molecule has 0 atom stereocenters. The Bertz CT molecular complexity index is 111. The van der Waals surface area contributed by atoms with E-state index in [2.05, 4.69) is 0 Å². The lowest BCUT2D eigenvalue weighted by molar-refractivity contribution is -0.534. The van der Waals surface area contributed by atoms with Crippen LogP contribution in [0.2, 0.25) is 0 Å². The van der Waals surface area contributed by atoms with Crippen LogP contribution in [0.5, 0.6) is 0 Å². The summed E-state index contributed by atoms with van der Waals surface area (Å²) in [5.41, 5.74) is 0. The molecule has 0 heterocycles. The smallest absolute Gasteiger partial charge is 0.153 e. The molecule has 11 heavy (non-hydrogen) atoms. The lowest BCUT2D eigenvalue weighted by Crippen LogP contribution is -2.46. The van der Waals surface area contributed by atoms with Crippen molar-refractivity contribution >= 4 is 0 Å². The van der Waals surface area contributed by atoms with Crippen molar-refractivity contribution in [1.29, 1.82) is 0 Å². The molecule has 0 aromatic heterocycles. The third-order valence-corrected chi connectivity index (χ3v) is 0.530. The summed E-state index contributed by atoms with van der Waals surface area (Å²) in [4.78, 5) is 0. The molecule has 0 rings (SSSR count). The second-order valence-electron chi connectivity index (χ2n) is 1.30. The van der Waals surface area contributed by atoms with E-state index in [9.17, 15) is 30.9 Å². The number of hydrogen-bond acceptors (Lipinski definition) is 2. The minimum absolute atomic E-state index is 1.56. The molecule has 0 aliphatic carbocycles. The molecule has 2 nitrogen and oxygen atoms in total. The Morgan fingerprint density at radius 3 is 1.09 bits per heavy atom. The summed E-state index contributed by atoms with van der Waals surface area (Å²) in [6.07, 6.45) is -11.9. The molecule has 0 saturated heterocycles. The van der Waals surface area contributed by atoms with Crippen molar-refractivity contribution in [1.82, 2.24) is 5.06 Å². The van der Waals surface area contributed by atoms with E-state index in [1.54, 1.807) is 5.04 Å². The lowest BCUT2D eigenvalue weighted by Gasteiger charge is -2.20. The molecule has 0 fully saturated rings. The molecular weight excluding hydrogens is 187 g/mol. The van der Waals surface area contributed by atoms with Crippen LogP contribution in [0.25, 0.3) is 0 Å². The highest BCUT2D eigenvalue weighted by molar-refractivity contribution is 4.49. The zero-order valence-corrected chi connectivity index (χ0v) is 4.50. The summed E-state index contributed by atoms with van der Waals surface area (Å²) in [6, 6.07) is 0. The van der Waals surface area contributed by atoms with Gasteiger partial charge in [0.25, 0.3) is 0 Å². The first-order valence-corrected chi connectivity index (χ1v) is 1.92. The predicted octanol–water partition coefficient (Wildman–Crippen LogP) is 2.14. The van der Waals surface area contributed by atoms with E-state index < -0.39 is 17.7 Å². The van der Waals surface area contributed by atoms with Gasteiger partial charge in [-0.05, 0) is 4.53 Å². The summed E-state index contributed by atoms with van der Waals surface area (Å²) >= 11 is 0. The van der Waals surface area contributed by atoms with Crippen LogP contribution in [-0.4, -0.2) is 17.7 Å². The van der Waals surface area contributed by atoms with Gasteiger partial charge >= 0.3 is 12.6 Å². The van der Waals surface area contributed by atoms with Crippen molar-refractivity contribution in [3.63, 3.8) is 0 Å². The number of nitrogens with zero attached hydrogens (tertiary/aromatic N) is 1. The standard InChI is InChI=1S/C2F7NO/c3-1(4,5)10(11-9)2(6,7)8. The number of alkyl halides is 6. The highest BCUT2D eigenvalue weighted by Crippen LogP contribution is 2.33. The number of hydroxylamine groups is 2. The maximum atomic E-state index is 11.1. The van der Waals surface area contributed by atoms with Crippen molar-refractivity contribution in [2.24, 2.45) is 0 Å². The molecule has 0 bridgehead atoms. The van der Waals surface area contributed by atoms with Gasteiger partial charge < -0.3 is 0 Å². The monoisotopic (exact) mass is 187 g/mol. The summed E-state index contributed by atoms with van der Waals surface area (Å²) in [5.74, 6) is 0. The second-order valence-corrected chi connectivity index (χ2v) is 1.30. The highest BCUT2D eigenvalue weighted by atomic mass is 19.4. The van der Waals surface area contributed by atoms with Gasteiger partial charge in [-0.3, -0.25) is 0 Å². The van der Waals surface area contributed by atoms with Gasteiger partial charge in [-0.2, -0.15) is 26.3 Å². The van der Waals surface area contributed by atoms with Gasteiger partial charge in [0, 0.05) is 5.06 Å². The molecule has 0 amide bonds. The van der Waals surface area contributed by atoms with Gasteiger partial charge in [0.05, 0.1) is 0 Å². The van der Waals surface area contributed by atoms with Crippen LogP contribution in [0.4, 0.5) is 30.9 Å². The van der Waals surface area contributed by atoms with Gasteiger partial charge in [0.15, 0.2) is 0 Å². The molecule has 0 aromatic carbocycles. The average molecular weight is 187 g/mol. The number of hydrogen-bond donors (Lipinski definition) is 0. The number of rotatable bonds is 1. The van der Waals surface area contributed by atoms with Crippen LogP contribution in [0, 0.1) is 0 Å². The fraction of sp³-hybridized carbons (Fsp3) is 1.00. The second kappa shape index (κ2) is 2.81. The van der Waals surface area contributed by atoms with Crippen molar-refractivity contribution in [2.45, 2.75) is 12.6 Å². The maximum Gasteiger partial charge on any atom is 0.493 e. The molecule has 0 radical (unpaired) electrons. The zero-order chi connectivity index (χ0) is 9.28. The first-order chi connectivity index (χ1) is 4.69. The molecule has 0 unspecified atom stereocenters. The molecule has 0 aromatic rings. The van der Waals surface area contributed by atoms with E-state index >= 15 is 0 Å². The van der Waals surface area contributed by atoms with E-state index in [0.29, 0.717) is 0 Å². The molecule has 9 heteroatoms. The van der Waals surface area contributed by atoms with E-state index in [0.717, 1.165) is 0 Å². The predicted molar refractivity (Wildman–Crippen MR) is 16.1 cm³/mol. The average Bonchev–Trinajstić information content (AvgIpc) is 1.56. The van der Waals surface area contributed by atoms with E-state index in [1.165, 1.54) is 0 Å². The Morgan fingerprint density at radius 1 is 0.818 bits per heavy atom. The minimum atomic E-state index is -5.94. The van der Waals surface area contributed by atoms with Crippen LogP contribution in [0.15, 0.2) is 0 Å². The topological polar surface area (TPSA) is 12.5 Å². The Hall–Kier alpha value is -0.570. The lowest BCUT2D eigenvalue weighted by atomic mass is 10.9. The Balaban J connectivity index is 4.43. The summed E-state index contributed by atoms with van der Waals surface area (Å²) in [5, 5.41) is -1.10. The van der Waals surface area contributed by atoms with Crippen molar-refractivity contribution in [3.05, 3.63) is 0 Å². The largest absolute Gasteiger partial charge is 0.493 e. The molecule has 0 aliphatic heterocycles. The Labute approximate surface area is 55.0 Å². The summed E-state index contributed by atoms with van der Waals surface area (Å²) in [6.45, 7) is 0. The SMILES string of the molecule is FON(C(F)(F)F)C(F)(F)F. The fourth-order valence-corrected chi connectivity index (χ4v) is 0.222. The van der Waals surface area contributed by atoms with Gasteiger partial charge in [-0.1, -0.05) is 5.04 Å². The maximum absolute atomic E-state index is 11.1. The molecule has 0 aliphatic rings. The van der Waals surface area contributed by atoms with Gasteiger partial charge in [-0.15, -0.1) is 0 Å².